The monoisotopic (exact) mass is 643 g/mol. The van der Waals surface area contributed by atoms with E-state index >= 15 is 0 Å². The van der Waals surface area contributed by atoms with E-state index in [-0.39, 0.29) is 43.1 Å². The highest BCUT2D eigenvalue weighted by Crippen LogP contribution is 2.46. The number of hydrogen-bond donors (Lipinski definition) is 2. The minimum absolute atomic E-state index is 0.0435. The molecule has 0 spiro atoms. The van der Waals surface area contributed by atoms with Crippen molar-refractivity contribution in [3.63, 3.8) is 0 Å². The lowest BCUT2D eigenvalue weighted by Crippen LogP contribution is -2.50. The minimum Gasteiger partial charge on any atom is -0.489 e. The summed E-state index contributed by atoms with van der Waals surface area (Å²) in [6.07, 6.45) is 1.25. The number of pyridine rings is 1. The van der Waals surface area contributed by atoms with Crippen LogP contribution < -0.4 is 10.9 Å². The van der Waals surface area contributed by atoms with Crippen molar-refractivity contribution in [3.8, 4) is 11.3 Å². The van der Waals surface area contributed by atoms with E-state index in [2.05, 4.69) is 17.1 Å². The third kappa shape index (κ3) is 6.39. The number of oxime groups is 1. The Hall–Kier alpha value is -4.93. The van der Waals surface area contributed by atoms with E-state index in [9.17, 15) is 19.2 Å². The third-order valence-corrected chi connectivity index (χ3v) is 8.55. The van der Waals surface area contributed by atoms with Crippen LogP contribution in [0.5, 0.6) is 0 Å². The first-order chi connectivity index (χ1) is 22.2. The van der Waals surface area contributed by atoms with Crippen LogP contribution >= 0.6 is 0 Å². The van der Waals surface area contributed by atoms with Gasteiger partial charge < -0.3 is 29.3 Å². The van der Waals surface area contributed by atoms with Crippen LogP contribution in [0.15, 0.2) is 58.7 Å². The number of carboxylic acids is 1. The topological polar surface area (TPSA) is 146 Å². The molecular formula is C36H41N3O8. The highest BCUT2D eigenvalue weighted by molar-refractivity contribution is 6.05. The molecule has 0 radical (unpaired) electrons. The predicted molar refractivity (Wildman–Crippen MR) is 177 cm³/mol. The lowest BCUT2D eigenvalue weighted by molar-refractivity contribution is -0.168. The molecule has 0 bridgehead atoms. The molecule has 5 rings (SSSR count). The number of carboxylic acid groups (broad SMARTS) is 1. The van der Waals surface area contributed by atoms with Gasteiger partial charge in [-0.2, -0.15) is 0 Å². The Morgan fingerprint density at radius 2 is 1.89 bits per heavy atom. The van der Waals surface area contributed by atoms with Gasteiger partial charge >= 0.3 is 11.9 Å². The van der Waals surface area contributed by atoms with Gasteiger partial charge in [0.05, 0.1) is 30.4 Å². The summed E-state index contributed by atoms with van der Waals surface area (Å²) in [4.78, 5) is 57.1. The number of nitrogens with zero attached hydrogens (tertiary/aromatic N) is 2. The van der Waals surface area contributed by atoms with Crippen molar-refractivity contribution in [2.24, 2.45) is 11.1 Å². The van der Waals surface area contributed by atoms with Crippen molar-refractivity contribution >= 4 is 34.8 Å². The zero-order chi connectivity index (χ0) is 34.3. The number of ether oxygens (including phenoxy) is 2. The van der Waals surface area contributed by atoms with Crippen molar-refractivity contribution in [2.45, 2.75) is 91.2 Å². The fourth-order valence-corrected chi connectivity index (χ4v) is 6.13. The lowest BCUT2D eigenvalue weighted by Gasteiger charge is -2.40. The summed E-state index contributed by atoms with van der Waals surface area (Å²) >= 11 is 0. The van der Waals surface area contributed by atoms with Gasteiger partial charge in [0.1, 0.15) is 24.0 Å². The average Bonchev–Trinajstić information content (AvgIpc) is 3.37. The number of aliphatic carboxylic acids is 1. The molecule has 3 heterocycles. The van der Waals surface area contributed by atoms with Crippen molar-refractivity contribution in [1.29, 1.82) is 0 Å². The van der Waals surface area contributed by atoms with E-state index in [1.54, 1.807) is 24.6 Å². The minimum atomic E-state index is -1.51. The molecule has 0 aliphatic carbocycles. The SMILES string of the molecule is C=C1OCc2c(cc3n(c2=O)Cc2c-3cc3ccccc3c2/C=N\OC(C)(C)C)[C@]1(CC)OC(=O)C(NC(=O)CCC(=O)O)C(C)C. The van der Waals surface area contributed by atoms with Gasteiger partial charge in [-0.1, -0.05) is 56.8 Å². The molecule has 2 N–H and O–H groups in total. The molecule has 2 aliphatic rings. The number of nitrogens with one attached hydrogen (secondary N) is 1. The number of hydrogen-bond acceptors (Lipinski definition) is 8. The maximum absolute atomic E-state index is 14.2. The zero-order valence-corrected chi connectivity index (χ0v) is 27.6. The summed E-state index contributed by atoms with van der Waals surface area (Å²) in [6.45, 7) is 15.4. The van der Waals surface area contributed by atoms with Gasteiger partial charge in [-0.15, -0.1) is 0 Å². The molecule has 1 amide bonds. The average molecular weight is 644 g/mol. The summed E-state index contributed by atoms with van der Waals surface area (Å²) in [5, 5.41) is 17.8. The van der Waals surface area contributed by atoms with Gasteiger partial charge in [0.15, 0.2) is 5.60 Å². The normalized spacial score (nSPS) is 17.6. The van der Waals surface area contributed by atoms with Crippen molar-refractivity contribution in [3.05, 3.63) is 81.3 Å². The van der Waals surface area contributed by atoms with Crippen LogP contribution in [0, 0.1) is 5.92 Å². The van der Waals surface area contributed by atoms with Crippen LogP contribution in [-0.2, 0) is 47.4 Å². The number of carbonyl (C=O) groups excluding carboxylic acids is 2. The number of fused-ring (bicyclic) bond motifs is 5. The molecule has 3 aromatic rings. The maximum Gasteiger partial charge on any atom is 0.330 e. The Morgan fingerprint density at radius 1 is 1.17 bits per heavy atom. The summed E-state index contributed by atoms with van der Waals surface area (Å²) in [5.41, 5.74) is 1.83. The quantitative estimate of drug-likeness (QED) is 0.133. The standard InChI is InChI=1S/C36H41N3O8/c1-8-36(46-34(44)32(20(2)3)38-30(40)13-14-31(41)42)21(4)45-19-27-28(36)16-29-24-15-22-11-9-10-12-23(22)25(17-37-47-35(5,6)7)26(24)18-39(29)33(27)43/h9-12,15-17,20,32H,4,8,13-14,18-19H2,1-3,5-7H3,(H,38,40)(H,41,42)/b37-17-/t32?,36-/m1/s1. The zero-order valence-electron chi connectivity index (χ0n) is 27.6. The summed E-state index contributed by atoms with van der Waals surface area (Å²) < 4.78 is 13.8. The number of carbonyl (C=O) groups is 3. The Kier molecular flexibility index (Phi) is 9.03. The molecule has 2 atom stereocenters. The van der Waals surface area contributed by atoms with Crippen molar-refractivity contribution in [1.82, 2.24) is 9.88 Å². The molecule has 11 heteroatoms. The van der Waals surface area contributed by atoms with Crippen molar-refractivity contribution < 1.29 is 33.8 Å². The molecular weight excluding hydrogens is 602 g/mol. The molecule has 11 nitrogen and oxygen atoms in total. The molecule has 1 aromatic heterocycles. The Bertz CT molecular complexity index is 1870. The second-order valence-corrected chi connectivity index (χ2v) is 13.3. The van der Waals surface area contributed by atoms with Gasteiger partial charge in [-0.25, -0.2) is 4.79 Å². The van der Waals surface area contributed by atoms with Crippen LogP contribution in [0.3, 0.4) is 0 Å². The number of benzene rings is 2. The second kappa shape index (κ2) is 12.7. The largest absolute Gasteiger partial charge is 0.489 e. The number of amides is 1. The van der Waals surface area contributed by atoms with Gasteiger partial charge in [0.2, 0.25) is 5.91 Å². The number of aromatic nitrogens is 1. The van der Waals surface area contributed by atoms with E-state index in [1.165, 1.54) is 0 Å². The number of rotatable bonds is 10. The first-order valence-electron chi connectivity index (χ1n) is 15.8. The Labute approximate surface area is 273 Å². The molecule has 2 aromatic carbocycles. The molecule has 248 valence electrons. The summed E-state index contributed by atoms with van der Waals surface area (Å²) in [6, 6.07) is 10.8. The highest BCUT2D eigenvalue weighted by atomic mass is 16.6. The van der Waals surface area contributed by atoms with Crippen molar-refractivity contribution in [2.75, 3.05) is 0 Å². The second-order valence-electron chi connectivity index (χ2n) is 13.3. The van der Waals surface area contributed by atoms with Gasteiger partial charge in [-0.3, -0.25) is 14.4 Å². The van der Waals surface area contributed by atoms with Crippen LogP contribution in [0.4, 0.5) is 0 Å². The number of esters is 1. The maximum atomic E-state index is 14.2. The molecule has 1 unspecified atom stereocenters. The smallest absolute Gasteiger partial charge is 0.330 e. The lowest BCUT2D eigenvalue weighted by atomic mass is 9.83. The van der Waals surface area contributed by atoms with Crippen LogP contribution in [0.2, 0.25) is 0 Å². The van der Waals surface area contributed by atoms with E-state index in [0.29, 0.717) is 23.4 Å². The molecule has 0 fully saturated rings. The van der Waals surface area contributed by atoms with Crippen LogP contribution in [0.25, 0.3) is 22.0 Å². The first-order valence-corrected chi connectivity index (χ1v) is 15.8. The van der Waals surface area contributed by atoms with E-state index in [4.69, 9.17) is 19.4 Å². The molecule has 0 saturated heterocycles. The first kappa shape index (κ1) is 33.4. The summed E-state index contributed by atoms with van der Waals surface area (Å²) in [7, 11) is 0. The van der Waals surface area contributed by atoms with Gasteiger partial charge in [0, 0.05) is 23.1 Å². The van der Waals surface area contributed by atoms with Crippen LogP contribution in [-0.4, -0.2) is 45.4 Å². The molecule has 2 aliphatic heterocycles. The highest BCUT2D eigenvalue weighted by Gasteiger charge is 2.47. The predicted octanol–water partition coefficient (Wildman–Crippen LogP) is 5.38. The van der Waals surface area contributed by atoms with E-state index in [0.717, 1.165) is 27.5 Å². The van der Waals surface area contributed by atoms with Gasteiger partial charge in [-0.05, 0) is 61.6 Å². The fraction of sp³-hybridized carbons (Fsp3) is 0.417. The molecule has 0 saturated carbocycles. The fourth-order valence-electron chi connectivity index (χ4n) is 6.13. The van der Waals surface area contributed by atoms with E-state index < -0.39 is 35.1 Å². The Balaban J connectivity index is 1.60. The summed E-state index contributed by atoms with van der Waals surface area (Å²) in [5.74, 6) is -2.65. The molecule has 47 heavy (non-hydrogen) atoms. The van der Waals surface area contributed by atoms with Gasteiger partial charge in [0.25, 0.3) is 5.56 Å². The van der Waals surface area contributed by atoms with E-state index in [1.807, 2.05) is 64.1 Å². The van der Waals surface area contributed by atoms with Crippen LogP contribution in [0.1, 0.15) is 83.1 Å². The Morgan fingerprint density at radius 3 is 2.55 bits per heavy atom. The third-order valence-electron chi connectivity index (χ3n) is 8.55.